The molecule has 76 valence electrons. The SMILES string of the molecule is C=CCC(CN)c1ccc(Cl)cc1Cl. The monoisotopic (exact) mass is 229 g/mol. The van der Waals surface area contributed by atoms with E-state index in [1.54, 1.807) is 6.07 Å². The Labute approximate surface area is 94.5 Å². The smallest absolute Gasteiger partial charge is 0.0456 e. The van der Waals surface area contributed by atoms with Crippen LogP contribution in [0.2, 0.25) is 10.0 Å². The van der Waals surface area contributed by atoms with E-state index in [9.17, 15) is 0 Å². The van der Waals surface area contributed by atoms with Crippen LogP contribution in [0.15, 0.2) is 30.9 Å². The van der Waals surface area contributed by atoms with Gasteiger partial charge in [-0.25, -0.2) is 0 Å². The minimum atomic E-state index is 0.234. The van der Waals surface area contributed by atoms with Gasteiger partial charge in [0.25, 0.3) is 0 Å². The van der Waals surface area contributed by atoms with E-state index in [0.717, 1.165) is 12.0 Å². The van der Waals surface area contributed by atoms with Crippen molar-refractivity contribution in [3.8, 4) is 0 Å². The highest BCUT2D eigenvalue weighted by atomic mass is 35.5. The zero-order valence-corrected chi connectivity index (χ0v) is 9.35. The summed E-state index contributed by atoms with van der Waals surface area (Å²) in [6.07, 6.45) is 2.68. The molecule has 0 heterocycles. The summed E-state index contributed by atoms with van der Waals surface area (Å²) in [4.78, 5) is 0. The van der Waals surface area contributed by atoms with E-state index in [-0.39, 0.29) is 5.92 Å². The van der Waals surface area contributed by atoms with Gasteiger partial charge < -0.3 is 5.73 Å². The lowest BCUT2D eigenvalue weighted by Gasteiger charge is -2.14. The Morgan fingerprint density at radius 3 is 2.64 bits per heavy atom. The van der Waals surface area contributed by atoms with Crippen LogP contribution in [-0.2, 0) is 0 Å². The number of hydrogen-bond acceptors (Lipinski definition) is 1. The Kier molecular flexibility index (Phi) is 4.46. The Morgan fingerprint density at radius 2 is 2.14 bits per heavy atom. The average Bonchev–Trinajstić information content (AvgIpc) is 2.15. The van der Waals surface area contributed by atoms with Gasteiger partial charge in [-0.05, 0) is 30.7 Å². The Bertz CT molecular complexity index is 323. The summed E-state index contributed by atoms with van der Waals surface area (Å²) in [5.74, 6) is 0.234. The number of rotatable bonds is 4. The molecule has 0 radical (unpaired) electrons. The summed E-state index contributed by atoms with van der Waals surface area (Å²) in [7, 11) is 0. The van der Waals surface area contributed by atoms with Gasteiger partial charge in [0.2, 0.25) is 0 Å². The van der Waals surface area contributed by atoms with E-state index in [1.165, 1.54) is 0 Å². The predicted octanol–water partition coefficient (Wildman–Crippen LogP) is 3.61. The molecule has 0 fully saturated rings. The highest BCUT2D eigenvalue weighted by Gasteiger charge is 2.11. The average molecular weight is 230 g/mol. The Morgan fingerprint density at radius 1 is 1.43 bits per heavy atom. The molecule has 1 atom stereocenters. The van der Waals surface area contributed by atoms with Crippen molar-refractivity contribution in [1.82, 2.24) is 0 Å². The van der Waals surface area contributed by atoms with Crippen LogP contribution in [0, 0.1) is 0 Å². The summed E-state index contributed by atoms with van der Waals surface area (Å²) in [5, 5.41) is 1.32. The molecule has 2 N–H and O–H groups in total. The molecule has 0 saturated heterocycles. The molecule has 0 aliphatic heterocycles. The lowest BCUT2D eigenvalue weighted by atomic mass is 9.96. The molecule has 3 heteroatoms. The number of benzene rings is 1. The highest BCUT2D eigenvalue weighted by molar-refractivity contribution is 6.35. The normalized spacial score (nSPS) is 12.5. The topological polar surface area (TPSA) is 26.0 Å². The standard InChI is InChI=1S/C11H13Cl2N/c1-2-3-8(7-14)10-5-4-9(12)6-11(10)13/h2,4-6,8H,1,3,7,14H2. The zero-order chi connectivity index (χ0) is 10.6. The molecule has 0 aliphatic rings. The molecule has 0 aliphatic carbocycles. The fraction of sp³-hybridized carbons (Fsp3) is 0.273. The molecule has 0 aromatic heterocycles. The largest absolute Gasteiger partial charge is 0.330 e. The van der Waals surface area contributed by atoms with Crippen molar-refractivity contribution in [3.63, 3.8) is 0 Å². The van der Waals surface area contributed by atoms with Gasteiger partial charge in [0.15, 0.2) is 0 Å². The summed E-state index contributed by atoms with van der Waals surface area (Å²) in [6, 6.07) is 5.49. The van der Waals surface area contributed by atoms with Crippen molar-refractivity contribution in [2.75, 3.05) is 6.54 Å². The molecule has 1 nitrogen and oxygen atoms in total. The van der Waals surface area contributed by atoms with Gasteiger partial charge in [-0.2, -0.15) is 0 Å². The summed E-state index contributed by atoms with van der Waals surface area (Å²) >= 11 is 11.9. The first kappa shape index (κ1) is 11.6. The molecule has 0 spiro atoms. The van der Waals surface area contributed by atoms with Crippen molar-refractivity contribution in [3.05, 3.63) is 46.5 Å². The summed E-state index contributed by atoms with van der Waals surface area (Å²) in [5.41, 5.74) is 6.70. The van der Waals surface area contributed by atoms with Crippen LogP contribution in [-0.4, -0.2) is 6.54 Å². The number of nitrogens with two attached hydrogens (primary N) is 1. The van der Waals surface area contributed by atoms with Gasteiger partial charge in [-0.1, -0.05) is 35.3 Å². The van der Waals surface area contributed by atoms with Gasteiger partial charge in [-0.3, -0.25) is 0 Å². The fourth-order valence-electron chi connectivity index (χ4n) is 1.38. The molecule has 0 saturated carbocycles. The van der Waals surface area contributed by atoms with Crippen LogP contribution in [0.3, 0.4) is 0 Å². The number of allylic oxidation sites excluding steroid dienone is 1. The third-order valence-electron chi connectivity index (χ3n) is 2.14. The van der Waals surface area contributed by atoms with Crippen molar-refractivity contribution >= 4 is 23.2 Å². The molecule has 1 rings (SSSR count). The minimum Gasteiger partial charge on any atom is -0.330 e. The van der Waals surface area contributed by atoms with Crippen LogP contribution in [0.1, 0.15) is 17.9 Å². The van der Waals surface area contributed by atoms with E-state index in [1.807, 2.05) is 18.2 Å². The first-order chi connectivity index (χ1) is 6.69. The predicted molar refractivity (Wildman–Crippen MR) is 63.1 cm³/mol. The molecule has 0 bridgehead atoms. The van der Waals surface area contributed by atoms with Crippen LogP contribution < -0.4 is 5.73 Å². The molecule has 1 aromatic rings. The van der Waals surface area contributed by atoms with E-state index < -0.39 is 0 Å². The zero-order valence-electron chi connectivity index (χ0n) is 7.84. The lowest BCUT2D eigenvalue weighted by Crippen LogP contribution is -2.12. The first-order valence-corrected chi connectivity index (χ1v) is 5.20. The summed E-state index contributed by atoms with van der Waals surface area (Å²) in [6.45, 7) is 4.26. The van der Waals surface area contributed by atoms with Crippen molar-refractivity contribution in [2.24, 2.45) is 5.73 Å². The van der Waals surface area contributed by atoms with E-state index in [2.05, 4.69) is 6.58 Å². The second-order valence-corrected chi connectivity index (χ2v) is 3.97. The van der Waals surface area contributed by atoms with E-state index in [4.69, 9.17) is 28.9 Å². The van der Waals surface area contributed by atoms with Gasteiger partial charge in [0.05, 0.1) is 0 Å². The maximum atomic E-state index is 6.06. The molecule has 1 unspecified atom stereocenters. The molecular weight excluding hydrogens is 217 g/mol. The number of hydrogen-bond donors (Lipinski definition) is 1. The van der Waals surface area contributed by atoms with Crippen LogP contribution in [0.5, 0.6) is 0 Å². The summed E-state index contributed by atoms with van der Waals surface area (Å²) < 4.78 is 0. The third-order valence-corrected chi connectivity index (χ3v) is 2.70. The Balaban J connectivity index is 2.97. The fourth-order valence-corrected chi connectivity index (χ4v) is 1.95. The molecular formula is C11H13Cl2N. The molecule has 1 aromatic carbocycles. The third kappa shape index (κ3) is 2.74. The van der Waals surface area contributed by atoms with Crippen LogP contribution in [0.4, 0.5) is 0 Å². The van der Waals surface area contributed by atoms with E-state index in [0.29, 0.717) is 16.6 Å². The van der Waals surface area contributed by atoms with Crippen LogP contribution >= 0.6 is 23.2 Å². The molecule has 14 heavy (non-hydrogen) atoms. The van der Waals surface area contributed by atoms with Gasteiger partial charge in [-0.15, -0.1) is 6.58 Å². The van der Waals surface area contributed by atoms with Crippen LogP contribution in [0.25, 0.3) is 0 Å². The highest BCUT2D eigenvalue weighted by Crippen LogP contribution is 2.29. The lowest BCUT2D eigenvalue weighted by molar-refractivity contribution is 0.711. The molecule has 0 amide bonds. The number of halogens is 2. The van der Waals surface area contributed by atoms with Crippen molar-refractivity contribution < 1.29 is 0 Å². The quantitative estimate of drug-likeness (QED) is 0.785. The van der Waals surface area contributed by atoms with Gasteiger partial charge in [0.1, 0.15) is 0 Å². The van der Waals surface area contributed by atoms with Crippen molar-refractivity contribution in [2.45, 2.75) is 12.3 Å². The minimum absolute atomic E-state index is 0.234. The van der Waals surface area contributed by atoms with Gasteiger partial charge >= 0.3 is 0 Å². The van der Waals surface area contributed by atoms with E-state index >= 15 is 0 Å². The van der Waals surface area contributed by atoms with Gasteiger partial charge in [0, 0.05) is 16.0 Å². The maximum Gasteiger partial charge on any atom is 0.0456 e. The first-order valence-electron chi connectivity index (χ1n) is 4.45. The Hall–Kier alpha value is -0.500. The maximum absolute atomic E-state index is 6.06. The van der Waals surface area contributed by atoms with Crippen molar-refractivity contribution in [1.29, 1.82) is 0 Å². The second-order valence-electron chi connectivity index (χ2n) is 3.12. The second kappa shape index (κ2) is 5.40.